The Hall–Kier alpha value is -1.64. The van der Waals surface area contributed by atoms with E-state index in [-0.39, 0.29) is 12.1 Å². The van der Waals surface area contributed by atoms with Gasteiger partial charge in [0.15, 0.2) is 0 Å². The highest BCUT2D eigenvalue weighted by Crippen LogP contribution is 2.18. The minimum atomic E-state index is -0.203. The van der Waals surface area contributed by atoms with Gasteiger partial charge in [-0.2, -0.15) is 0 Å². The highest BCUT2D eigenvalue weighted by Gasteiger charge is 2.12. The SMILES string of the molecule is CCC(O)CCNC(Cc1ccccc1)c1ccccc1. The van der Waals surface area contributed by atoms with E-state index in [0.29, 0.717) is 0 Å². The van der Waals surface area contributed by atoms with Crippen molar-refractivity contribution in [1.82, 2.24) is 5.32 Å². The molecular formula is C19H25NO. The lowest BCUT2D eigenvalue weighted by Crippen LogP contribution is -2.26. The number of aliphatic hydroxyl groups excluding tert-OH is 1. The molecule has 0 spiro atoms. The maximum absolute atomic E-state index is 9.69. The monoisotopic (exact) mass is 283 g/mol. The largest absolute Gasteiger partial charge is 0.393 e. The molecule has 112 valence electrons. The molecule has 2 rings (SSSR count). The third-order valence-electron chi connectivity index (χ3n) is 3.82. The average molecular weight is 283 g/mol. The third-order valence-corrected chi connectivity index (χ3v) is 3.82. The Labute approximate surface area is 127 Å². The molecule has 0 aliphatic carbocycles. The second-order valence-corrected chi connectivity index (χ2v) is 5.46. The Morgan fingerprint density at radius 3 is 2.19 bits per heavy atom. The van der Waals surface area contributed by atoms with Crippen LogP contribution in [0.5, 0.6) is 0 Å². The van der Waals surface area contributed by atoms with Crippen LogP contribution in [-0.4, -0.2) is 17.8 Å². The quantitative estimate of drug-likeness (QED) is 0.774. The van der Waals surface area contributed by atoms with Crippen LogP contribution in [0.25, 0.3) is 0 Å². The van der Waals surface area contributed by atoms with E-state index < -0.39 is 0 Å². The Kier molecular flexibility index (Phi) is 6.45. The van der Waals surface area contributed by atoms with E-state index in [4.69, 9.17) is 0 Å². The van der Waals surface area contributed by atoms with Crippen LogP contribution < -0.4 is 5.32 Å². The van der Waals surface area contributed by atoms with E-state index in [9.17, 15) is 5.11 Å². The van der Waals surface area contributed by atoms with Crippen molar-refractivity contribution in [3.63, 3.8) is 0 Å². The standard InChI is InChI=1S/C19H25NO/c1-2-18(21)13-14-20-19(17-11-7-4-8-12-17)15-16-9-5-3-6-10-16/h3-12,18-21H,2,13-15H2,1H3. The van der Waals surface area contributed by atoms with Crippen LogP contribution in [0, 0.1) is 0 Å². The second kappa shape index (κ2) is 8.60. The summed E-state index contributed by atoms with van der Waals surface area (Å²) in [6.45, 7) is 2.85. The van der Waals surface area contributed by atoms with Crippen LogP contribution in [0.3, 0.4) is 0 Å². The van der Waals surface area contributed by atoms with Gasteiger partial charge in [0.2, 0.25) is 0 Å². The summed E-state index contributed by atoms with van der Waals surface area (Å²) < 4.78 is 0. The van der Waals surface area contributed by atoms with Crippen molar-refractivity contribution in [3.8, 4) is 0 Å². The van der Waals surface area contributed by atoms with Crippen molar-refractivity contribution >= 4 is 0 Å². The third kappa shape index (κ3) is 5.33. The zero-order valence-corrected chi connectivity index (χ0v) is 12.7. The van der Waals surface area contributed by atoms with Gasteiger partial charge in [-0.1, -0.05) is 67.6 Å². The minimum absolute atomic E-state index is 0.203. The molecule has 0 saturated carbocycles. The van der Waals surface area contributed by atoms with Gasteiger partial charge in [-0.15, -0.1) is 0 Å². The topological polar surface area (TPSA) is 32.3 Å². The number of rotatable bonds is 8. The van der Waals surface area contributed by atoms with Crippen LogP contribution in [-0.2, 0) is 6.42 Å². The van der Waals surface area contributed by atoms with Gasteiger partial charge < -0.3 is 10.4 Å². The molecule has 0 heterocycles. The fourth-order valence-electron chi connectivity index (χ4n) is 2.47. The summed E-state index contributed by atoms with van der Waals surface area (Å²) in [6, 6.07) is 21.4. The molecule has 2 nitrogen and oxygen atoms in total. The minimum Gasteiger partial charge on any atom is -0.393 e. The Morgan fingerprint density at radius 1 is 0.952 bits per heavy atom. The molecule has 2 aromatic rings. The maximum atomic E-state index is 9.69. The van der Waals surface area contributed by atoms with Gasteiger partial charge >= 0.3 is 0 Å². The van der Waals surface area contributed by atoms with Crippen LogP contribution in [0.4, 0.5) is 0 Å². The molecule has 0 aromatic heterocycles. The van der Waals surface area contributed by atoms with Gasteiger partial charge in [0, 0.05) is 6.04 Å². The first kappa shape index (κ1) is 15.7. The Bertz CT molecular complexity index is 497. The second-order valence-electron chi connectivity index (χ2n) is 5.46. The molecule has 0 amide bonds. The van der Waals surface area contributed by atoms with E-state index in [2.05, 4.69) is 53.8 Å². The van der Waals surface area contributed by atoms with E-state index >= 15 is 0 Å². The molecule has 21 heavy (non-hydrogen) atoms. The molecule has 0 aliphatic rings. The fourth-order valence-corrected chi connectivity index (χ4v) is 2.47. The molecule has 0 saturated heterocycles. The maximum Gasteiger partial charge on any atom is 0.0549 e. The highest BCUT2D eigenvalue weighted by atomic mass is 16.3. The summed E-state index contributed by atoms with van der Waals surface area (Å²) in [4.78, 5) is 0. The molecule has 2 aromatic carbocycles. The summed E-state index contributed by atoms with van der Waals surface area (Å²) in [5.41, 5.74) is 2.63. The van der Waals surface area contributed by atoms with Crippen LogP contribution in [0.1, 0.15) is 36.9 Å². The van der Waals surface area contributed by atoms with Gasteiger partial charge in [-0.05, 0) is 36.9 Å². The molecule has 0 bridgehead atoms. The summed E-state index contributed by atoms with van der Waals surface area (Å²) in [5, 5.41) is 13.3. The lowest BCUT2D eigenvalue weighted by molar-refractivity contribution is 0.158. The predicted molar refractivity (Wildman–Crippen MR) is 88.2 cm³/mol. The number of benzene rings is 2. The lowest BCUT2D eigenvalue weighted by Gasteiger charge is -2.20. The van der Waals surface area contributed by atoms with Gasteiger partial charge in [-0.25, -0.2) is 0 Å². The van der Waals surface area contributed by atoms with E-state index in [1.54, 1.807) is 0 Å². The molecule has 0 fully saturated rings. The van der Waals surface area contributed by atoms with Crippen LogP contribution in [0.15, 0.2) is 60.7 Å². The summed E-state index contributed by atoms with van der Waals surface area (Å²) in [5.74, 6) is 0. The Balaban J connectivity index is 2.01. The lowest BCUT2D eigenvalue weighted by atomic mass is 9.98. The van der Waals surface area contributed by atoms with Crippen LogP contribution >= 0.6 is 0 Å². The molecule has 0 radical (unpaired) electrons. The van der Waals surface area contributed by atoms with Gasteiger partial charge in [0.25, 0.3) is 0 Å². The Morgan fingerprint density at radius 2 is 1.57 bits per heavy atom. The molecule has 2 N–H and O–H groups in total. The molecular weight excluding hydrogens is 258 g/mol. The van der Waals surface area contributed by atoms with E-state index in [1.807, 2.05) is 19.1 Å². The van der Waals surface area contributed by atoms with Crippen LogP contribution in [0.2, 0.25) is 0 Å². The molecule has 2 heteroatoms. The summed E-state index contributed by atoms with van der Waals surface area (Å²) in [6.07, 6.45) is 2.38. The van der Waals surface area contributed by atoms with Gasteiger partial charge in [0.05, 0.1) is 6.10 Å². The molecule has 0 aliphatic heterocycles. The first-order valence-electron chi connectivity index (χ1n) is 7.80. The van der Waals surface area contributed by atoms with E-state index in [0.717, 1.165) is 25.8 Å². The molecule has 2 atom stereocenters. The number of nitrogens with one attached hydrogen (secondary N) is 1. The number of hydrogen-bond acceptors (Lipinski definition) is 2. The first-order chi connectivity index (χ1) is 10.3. The average Bonchev–Trinajstić information content (AvgIpc) is 2.55. The van der Waals surface area contributed by atoms with Crippen molar-refractivity contribution in [2.45, 2.75) is 38.3 Å². The highest BCUT2D eigenvalue weighted by molar-refractivity contribution is 5.23. The van der Waals surface area contributed by atoms with Gasteiger partial charge in [0.1, 0.15) is 0 Å². The summed E-state index contributed by atoms with van der Waals surface area (Å²) >= 11 is 0. The normalized spacial score (nSPS) is 13.8. The molecule has 2 unspecified atom stereocenters. The number of aliphatic hydroxyl groups is 1. The van der Waals surface area contributed by atoms with E-state index in [1.165, 1.54) is 11.1 Å². The van der Waals surface area contributed by atoms with Crippen molar-refractivity contribution in [3.05, 3.63) is 71.8 Å². The smallest absolute Gasteiger partial charge is 0.0549 e. The zero-order chi connectivity index (χ0) is 14.9. The number of hydrogen-bond donors (Lipinski definition) is 2. The van der Waals surface area contributed by atoms with Crippen molar-refractivity contribution < 1.29 is 5.11 Å². The van der Waals surface area contributed by atoms with Crippen molar-refractivity contribution in [2.75, 3.05) is 6.54 Å². The zero-order valence-electron chi connectivity index (χ0n) is 12.7. The fraction of sp³-hybridized carbons (Fsp3) is 0.368. The summed E-state index contributed by atoms with van der Waals surface area (Å²) in [7, 11) is 0. The van der Waals surface area contributed by atoms with Crippen molar-refractivity contribution in [1.29, 1.82) is 0 Å². The van der Waals surface area contributed by atoms with Gasteiger partial charge in [-0.3, -0.25) is 0 Å². The predicted octanol–water partition coefficient (Wildman–Crippen LogP) is 3.72. The van der Waals surface area contributed by atoms with Crippen molar-refractivity contribution in [2.24, 2.45) is 0 Å². The first-order valence-corrected chi connectivity index (χ1v) is 7.80.